The van der Waals surface area contributed by atoms with E-state index in [-0.39, 0.29) is 11.7 Å². The molecule has 0 radical (unpaired) electrons. The van der Waals surface area contributed by atoms with Crippen LogP contribution in [-0.4, -0.2) is 49.6 Å². The van der Waals surface area contributed by atoms with E-state index in [4.69, 9.17) is 11.6 Å². The zero-order chi connectivity index (χ0) is 17.2. The minimum Gasteiger partial charge on any atom is -0.366 e. The van der Waals surface area contributed by atoms with Crippen LogP contribution in [0.1, 0.15) is 19.8 Å². The van der Waals surface area contributed by atoms with Gasteiger partial charge in [-0.3, -0.25) is 10.1 Å². The van der Waals surface area contributed by atoms with Gasteiger partial charge in [0.05, 0.1) is 11.2 Å². The lowest BCUT2D eigenvalue weighted by atomic mass is 10.0. The molecule has 0 amide bonds. The lowest BCUT2D eigenvalue weighted by Gasteiger charge is -2.37. The topological polar surface area (TPSA) is 83.8 Å². The molecule has 1 aromatic rings. The molecular formula is C14H20ClN3O4S. The van der Waals surface area contributed by atoms with Crippen LogP contribution in [0.2, 0.25) is 5.02 Å². The second-order valence-corrected chi connectivity index (χ2v) is 7.95. The number of halogens is 1. The molecule has 1 aliphatic rings. The van der Waals surface area contributed by atoms with Crippen LogP contribution >= 0.6 is 11.6 Å². The van der Waals surface area contributed by atoms with Crippen LogP contribution in [0.15, 0.2) is 18.2 Å². The molecule has 1 aromatic carbocycles. The molecule has 0 N–H and O–H groups in total. The van der Waals surface area contributed by atoms with E-state index >= 15 is 0 Å². The first-order valence-electron chi connectivity index (χ1n) is 7.39. The largest absolute Gasteiger partial charge is 0.366 e. The number of nitro groups is 1. The van der Waals surface area contributed by atoms with Gasteiger partial charge in [-0.05, 0) is 25.0 Å². The van der Waals surface area contributed by atoms with Crippen LogP contribution < -0.4 is 4.90 Å². The van der Waals surface area contributed by atoms with Crippen LogP contribution in [0.3, 0.4) is 0 Å². The molecule has 0 unspecified atom stereocenters. The van der Waals surface area contributed by atoms with Crippen LogP contribution in [0.25, 0.3) is 0 Å². The first kappa shape index (κ1) is 18.0. The summed E-state index contributed by atoms with van der Waals surface area (Å²) in [5.74, 6) is 0. The third-order valence-corrected chi connectivity index (χ3v) is 5.73. The van der Waals surface area contributed by atoms with Gasteiger partial charge in [0.25, 0.3) is 5.69 Å². The summed E-state index contributed by atoms with van der Waals surface area (Å²) in [5, 5.41) is 11.5. The molecule has 0 saturated carbocycles. The smallest absolute Gasteiger partial charge is 0.294 e. The first-order valence-corrected chi connectivity index (χ1v) is 9.62. The van der Waals surface area contributed by atoms with Gasteiger partial charge in [0, 0.05) is 36.8 Å². The summed E-state index contributed by atoms with van der Waals surface area (Å²) < 4.78 is 25.1. The van der Waals surface area contributed by atoms with Crippen molar-refractivity contribution in [2.75, 3.05) is 30.8 Å². The third-order valence-electron chi connectivity index (χ3n) is 4.08. The summed E-state index contributed by atoms with van der Waals surface area (Å²) in [5.41, 5.74) is 0.506. The van der Waals surface area contributed by atoms with Gasteiger partial charge in [0.15, 0.2) is 0 Å². The van der Waals surface area contributed by atoms with Crippen molar-refractivity contribution in [2.24, 2.45) is 0 Å². The van der Waals surface area contributed by atoms with E-state index in [0.29, 0.717) is 43.2 Å². The van der Waals surface area contributed by atoms with E-state index in [1.807, 2.05) is 11.8 Å². The summed E-state index contributed by atoms with van der Waals surface area (Å²) in [6.45, 7) is 3.39. The maximum atomic E-state index is 11.8. The highest BCUT2D eigenvalue weighted by atomic mass is 35.5. The van der Waals surface area contributed by atoms with Crippen molar-refractivity contribution < 1.29 is 13.3 Å². The molecule has 0 spiro atoms. The first-order chi connectivity index (χ1) is 10.7. The summed E-state index contributed by atoms with van der Waals surface area (Å²) in [4.78, 5) is 12.7. The summed E-state index contributed by atoms with van der Waals surface area (Å²) >= 11 is 5.84. The van der Waals surface area contributed by atoms with Crippen molar-refractivity contribution in [3.63, 3.8) is 0 Å². The molecule has 0 aliphatic carbocycles. The molecule has 0 bridgehead atoms. The maximum absolute atomic E-state index is 11.8. The third kappa shape index (κ3) is 4.13. The monoisotopic (exact) mass is 361 g/mol. The summed E-state index contributed by atoms with van der Waals surface area (Å²) in [6.07, 6.45) is 2.49. The van der Waals surface area contributed by atoms with E-state index in [0.717, 1.165) is 0 Å². The predicted molar refractivity (Wildman–Crippen MR) is 90.6 cm³/mol. The Hall–Kier alpha value is -1.38. The highest BCUT2D eigenvalue weighted by Gasteiger charge is 2.31. The number of piperidine rings is 1. The summed E-state index contributed by atoms with van der Waals surface area (Å²) in [6, 6.07) is 4.56. The lowest BCUT2D eigenvalue weighted by molar-refractivity contribution is -0.384. The van der Waals surface area contributed by atoms with Gasteiger partial charge in [0.2, 0.25) is 10.0 Å². The Kier molecular flexibility index (Phi) is 5.49. The molecule has 128 valence electrons. The molecular weight excluding hydrogens is 342 g/mol. The number of rotatable bonds is 5. The number of sulfonamides is 1. The van der Waals surface area contributed by atoms with Gasteiger partial charge in [-0.1, -0.05) is 18.5 Å². The highest BCUT2D eigenvalue weighted by molar-refractivity contribution is 7.88. The normalized spacial score (nSPS) is 16.8. The van der Waals surface area contributed by atoms with Crippen molar-refractivity contribution in [2.45, 2.75) is 25.8 Å². The average Bonchev–Trinajstić information content (AvgIpc) is 2.47. The van der Waals surface area contributed by atoms with Gasteiger partial charge in [0.1, 0.15) is 5.69 Å². The maximum Gasteiger partial charge on any atom is 0.294 e. The van der Waals surface area contributed by atoms with E-state index in [1.165, 1.54) is 16.6 Å². The number of benzene rings is 1. The Balaban J connectivity index is 2.15. The minimum absolute atomic E-state index is 0.0218. The van der Waals surface area contributed by atoms with Crippen LogP contribution in [0.5, 0.6) is 0 Å². The van der Waals surface area contributed by atoms with Gasteiger partial charge in [-0.15, -0.1) is 0 Å². The SMILES string of the molecule is CCN(C1CCN(c2ccc(Cl)cc2[N+](=O)[O-])CC1)S(C)(=O)=O. The number of anilines is 1. The van der Waals surface area contributed by atoms with Gasteiger partial charge < -0.3 is 4.90 Å². The highest BCUT2D eigenvalue weighted by Crippen LogP contribution is 2.33. The van der Waals surface area contributed by atoms with E-state index in [2.05, 4.69) is 0 Å². The minimum atomic E-state index is -3.23. The number of nitrogens with zero attached hydrogens (tertiary/aromatic N) is 3. The van der Waals surface area contributed by atoms with Crippen LogP contribution in [-0.2, 0) is 10.0 Å². The quantitative estimate of drug-likeness (QED) is 0.594. The predicted octanol–water partition coefficient (Wildman–Crippen LogP) is 2.50. The molecule has 0 atom stereocenters. The fourth-order valence-corrected chi connectivity index (χ4v) is 4.46. The Bertz CT molecular complexity index is 687. The Morgan fingerprint density at radius 2 is 2.00 bits per heavy atom. The second kappa shape index (κ2) is 7.02. The molecule has 2 rings (SSSR count). The fraction of sp³-hybridized carbons (Fsp3) is 0.571. The number of hydrogen-bond acceptors (Lipinski definition) is 5. The van der Waals surface area contributed by atoms with Crippen molar-refractivity contribution >= 4 is 33.0 Å². The lowest BCUT2D eigenvalue weighted by Crippen LogP contribution is -2.47. The van der Waals surface area contributed by atoms with Gasteiger partial charge >= 0.3 is 0 Å². The molecule has 1 saturated heterocycles. The van der Waals surface area contributed by atoms with Crippen LogP contribution in [0, 0.1) is 10.1 Å². The molecule has 0 aromatic heterocycles. The van der Waals surface area contributed by atoms with E-state index in [9.17, 15) is 18.5 Å². The standard InChI is InChI=1S/C14H20ClN3O4S/c1-3-17(23(2,21)22)12-6-8-16(9-7-12)13-5-4-11(15)10-14(13)18(19)20/h4-5,10,12H,3,6-9H2,1-2H3. The molecule has 9 heteroatoms. The van der Waals surface area contributed by atoms with Crippen molar-refractivity contribution in [1.29, 1.82) is 0 Å². The van der Waals surface area contributed by atoms with E-state index < -0.39 is 14.9 Å². The molecule has 1 fully saturated rings. The summed E-state index contributed by atoms with van der Waals surface area (Å²) in [7, 11) is -3.23. The van der Waals surface area contributed by atoms with Crippen molar-refractivity contribution in [1.82, 2.24) is 4.31 Å². The Morgan fingerprint density at radius 1 is 1.39 bits per heavy atom. The van der Waals surface area contributed by atoms with Crippen molar-refractivity contribution in [3.8, 4) is 0 Å². The fourth-order valence-electron chi connectivity index (χ4n) is 3.07. The molecule has 23 heavy (non-hydrogen) atoms. The van der Waals surface area contributed by atoms with Gasteiger partial charge in [-0.25, -0.2) is 8.42 Å². The molecule has 1 heterocycles. The molecule has 7 nitrogen and oxygen atoms in total. The zero-order valence-electron chi connectivity index (χ0n) is 13.1. The molecule has 1 aliphatic heterocycles. The Morgan fingerprint density at radius 3 is 2.48 bits per heavy atom. The Labute approximate surface area is 141 Å². The van der Waals surface area contributed by atoms with Gasteiger partial charge in [-0.2, -0.15) is 4.31 Å². The van der Waals surface area contributed by atoms with Crippen molar-refractivity contribution in [3.05, 3.63) is 33.3 Å². The zero-order valence-corrected chi connectivity index (χ0v) is 14.7. The van der Waals surface area contributed by atoms with Crippen LogP contribution in [0.4, 0.5) is 11.4 Å². The second-order valence-electron chi connectivity index (χ2n) is 5.57. The number of nitro benzene ring substituents is 1. The average molecular weight is 362 g/mol. The number of hydrogen-bond donors (Lipinski definition) is 0. The van der Waals surface area contributed by atoms with E-state index in [1.54, 1.807) is 12.1 Å².